The summed E-state index contributed by atoms with van der Waals surface area (Å²) >= 11 is 0. The molecule has 0 spiro atoms. The van der Waals surface area contributed by atoms with Crippen molar-refractivity contribution < 1.29 is 68.0 Å². The molecule has 17 atom stereocenters. The predicted molar refractivity (Wildman–Crippen MR) is 194 cm³/mol. The number of aliphatic hydroxyl groups is 4. The van der Waals surface area contributed by atoms with E-state index in [0.717, 1.165) is 0 Å². The molecule has 2 unspecified atom stereocenters. The molecule has 2 aliphatic rings. The van der Waals surface area contributed by atoms with Crippen LogP contribution in [0.1, 0.15) is 94.9 Å². The molecule has 2 heterocycles. The second-order valence-electron chi connectivity index (χ2n) is 16.2. The van der Waals surface area contributed by atoms with Gasteiger partial charge in [-0.2, -0.15) is 0 Å². The number of carbonyl (C=O) groups is 3. The van der Waals surface area contributed by atoms with Gasteiger partial charge in [-0.05, 0) is 87.7 Å². The molecule has 4 N–H and O–H groups in total. The Morgan fingerprint density at radius 3 is 2.17 bits per heavy atom. The Kier molecular flexibility index (Phi) is 17.5. The number of methoxy groups -OCH3 is 2. The number of ketones is 1. The maximum atomic E-state index is 14.0. The zero-order chi connectivity index (χ0) is 40.8. The highest BCUT2D eigenvalue weighted by Gasteiger charge is 2.52. The predicted octanol–water partition coefficient (Wildman–Crippen LogP) is 2.01. The molecule has 0 aromatic rings. The number of ether oxygens (including phenoxy) is 7. The number of nitrogens with zero attached hydrogens (tertiary/aromatic N) is 1. The number of Topliss-reactive ketones (excluding diaryl/α,β-unsaturated/α-hetero) is 1. The highest BCUT2D eigenvalue weighted by molar-refractivity contribution is 5.80. The average Bonchev–Trinajstić information content (AvgIpc) is 3.10. The third-order valence-electron chi connectivity index (χ3n) is 11.5. The minimum atomic E-state index is -1.95. The lowest BCUT2D eigenvalue weighted by atomic mass is 9.76. The molecule has 0 radical (unpaired) electrons. The second-order valence-corrected chi connectivity index (χ2v) is 16.2. The lowest BCUT2D eigenvalue weighted by molar-refractivity contribution is -0.319. The van der Waals surface area contributed by atoms with E-state index in [1.165, 1.54) is 28.1 Å². The van der Waals surface area contributed by atoms with Crippen molar-refractivity contribution in [1.82, 2.24) is 4.90 Å². The van der Waals surface area contributed by atoms with Gasteiger partial charge in [-0.15, -0.1) is 0 Å². The average molecular weight is 764 g/mol. The summed E-state index contributed by atoms with van der Waals surface area (Å²) in [5.74, 6) is -3.69. The van der Waals surface area contributed by atoms with Crippen LogP contribution in [0.3, 0.4) is 0 Å². The summed E-state index contributed by atoms with van der Waals surface area (Å²) < 4.78 is 43.4. The minimum absolute atomic E-state index is 0.0822. The van der Waals surface area contributed by atoms with E-state index < -0.39 is 102 Å². The second kappa shape index (κ2) is 19.5. The molecule has 0 aromatic carbocycles. The number of carbonyl (C=O) groups excluding carboxylic acids is 3. The molecular formula is C38H69NO14. The number of esters is 1. The van der Waals surface area contributed by atoms with Gasteiger partial charge in [0.05, 0.1) is 41.5 Å². The minimum Gasteiger partial charge on any atom is -0.459 e. The Labute approximate surface area is 315 Å². The first kappa shape index (κ1) is 47.5. The number of hydrogen-bond donors (Lipinski definition) is 4. The fraction of sp³-hybridized carbons (Fsp3) is 0.921. The van der Waals surface area contributed by atoms with Crippen LogP contribution in [0.25, 0.3) is 0 Å². The first-order chi connectivity index (χ1) is 24.4. The summed E-state index contributed by atoms with van der Waals surface area (Å²) in [6.45, 7) is 16.4. The van der Waals surface area contributed by atoms with Gasteiger partial charge in [0.2, 0.25) is 0 Å². The largest absolute Gasteiger partial charge is 0.459 e. The topological polar surface area (TPSA) is 200 Å². The van der Waals surface area contributed by atoms with Gasteiger partial charge < -0.3 is 58.5 Å². The fourth-order valence-electron chi connectivity index (χ4n) is 7.80. The first-order valence-corrected chi connectivity index (χ1v) is 18.8. The van der Waals surface area contributed by atoms with Gasteiger partial charge in [0, 0.05) is 32.6 Å². The van der Waals surface area contributed by atoms with E-state index in [9.17, 15) is 34.8 Å². The van der Waals surface area contributed by atoms with Crippen molar-refractivity contribution in [3.8, 4) is 0 Å². The summed E-state index contributed by atoms with van der Waals surface area (Å²) in [6.07, 6.45) is -8.66. The number of likely N-dealkylation sites (N-methyl/N-ethyl adjacent to an activating group) is 1. The van der Waals surface area contributed by atoms with Crippen molar-refractivity contribution >= 4 is 18.0 Å². The van der Waals surface area contributed by atoms with Crippen molar-refractivity contribution in [2.75, 3.05) is 28.3 Å². The van der Waals surface area contributed by atoms with Crippen LogP contribution in [0.2, 0.25) is 0 Å². The normalized spacial score (nSPS) is 34.4. The molecule has 2 rings (SSSR count). The molecule has 0 aliphatic carbocycles. The molecule has 15 heteroatoms. The van der Waals surface area contributed by atoms with Gasteiger partial charge in [0.1, 0.15) is 24.4 Å². The van der Waals surface area contributed by atoms with E-state index in [-0.39, 0.29) is 31.4 Å². The molecule has 53 heavy (non-hydrogen) atoms. The van der Waals surface area contributed by atoms with Gasteiger partial charge in [0.25, 0.3) is 0 Å². The highest BCUT2D eigenvalue weighted by Crippen LogP contribution is 2.41. The highest BCUT2D eigenvalue weighted by atomic mass is 16.7. The Morgan fingerprint density at radius 1 is 1.08 bits per heavy atom. The molecule has 2 fully saturated rings. The molecule has 2 aliphatic heterocycles. The molecule has 0 aromatic heterocycles. The lowest BCUT2D eigenvalue weighted by Crippen LogP contribution is -2.61. The van der Waals surface area contributed by atoms with Crippen LogP contribution < -0.4 is 0 Å². The Balaban J connectivity index is 2.74. The maximum absolute atomic E-state index is 14.0. The van der Waals surface area contributed by atoms with E-state index in [0.29, 0.717) is 12.7 Å². The summed E-state index contributed by atoms with van der Waals surface area (Å²) in [6, 6.07) is -0.320. The number of aldehydes is 1. The third-order valence-corrected chi connectivity index (χ3v) is 11.5. The van der Waals surface area contributed by atoms with Crippen LogP contribution in [-0.4, -0.2) is 156 Å². The van der Waals surface area contributed by atoms with Crippen LogP contribution in [0.15, 0.2) is 0 Å². The molecule has 15 nitrogen and oxygen atoms in total. The van der Waals surface area contributed by atoms with Crippen molar-refractivity contribution in [1.29, 1.82) is 0 Å². The van der Waals surface area contributed by atoms with E-state index in [4.69, 9.17) is 33.2 Å². The first-order valence-electron chi connectivity index (χ1n) is 18.8. The van der Waals surface area contributed by atoms with Crippen molar-refractivity contribution in [3.05, 3.63) is 0 Å². The quantitative estimate of drug-likeness (QED) is 0.104. The molecule has 2 saturated heterocycles. The summed E-state index contributed by atoms with van der Waals surface area (Å²) in [5, 5.41) is 43.9. The van der Waals surface area contributed by atoms with E-state index in [1.807, 2.05) is 25.9 Å². The van der Waals surface area contributed by atoms with Crippen LogP contribution in [0, 0.1) is 17.8 Å². The summed E-state index contributed by atoms with van der Waals surface area (Å²) in [7, 11) is 6.65. The van der Waals surface area contributed by atoms with Gasteiger partial charge in [-0.3, -0.25) is 14.4 Å². The van der Waals surface area contributed by atoms with Crippen LogP contribution in [0.5, 0.6) is 0 Å². The van der Waals surface area contributed by atoms with Crippen LogP contribution in [0.4, 0.5) is 0 Å². The molecular weight excluding hydrogens is 694 g/mol. The van der Waals surface area contributed by atoms with Crippen molar-refractivity contribution in [3.63, 3.8) is 0 Å². The lowest BCUT2D eigenvalue weighted by Gasteiger charge is -2.49. The van der Waals surface area contributed by atoms with Crippen molar-refractivity contribution in [2.24, 2.45) is 17.8 Å². The molecule has 310 valence electrons. The monoisotopic (exact) mass is 763 g/mol. The Hall–Kier alpha value is -1.63. The molecule has 0 saturated carbocycles. The zero-order valence-corrected chi connectivity index (χ0v) is 34.3. The van der Waals surface area contributed by atoms with E-state index in [1.54, 1.807) is 48.5 Å². The van der Waals surface area contributed by atoms with Gasteiger partial charge >= 0.3 is 5.97 Å². The summed E-state index contributed by atoms with van der Waals surface area (Å²) in [4.78, 5) is 39.9. The number of aliphatic hydroxyl groups excluding tert-OH is 3. The van der Waals surface area contributed by atoms with Crippen LogP contribution >= 0.6 is 0 Å². The fourth-order valence-corrected chi connectivity index (χ4v) is 7.80. The van der Waals surface area contributed by atoms with Gasteiger partial charge in [0.15, 0.2) is 30.3 Å². The number of rotatable bonds is 20. The third kappa shape index (κ3) is 11.5. The van der Waals surface area contributed by atoms with Crippen molar-refractivity contribution in [2.45, 2.75) is 179 Å². The Morgan fingerprint density at radius 2 is 1.68 bits per heavy atom. The smallest absolute Gasteiger partial charge is 0.311 e. The van der Waals surface area contributed by atoms with E-state index >= 15 is 0 Å². The van der Waals surface area contributed by atoms with Gasteiger partial charge in [-0.1, -0.05) is 20.8 Å². The summed E-state index contributed by atoms with van der Waals surface area (Å²) in [5.41, 5.74) is -4.31. The standard InChI is InChI=1S/C38H69NO14/c1-15-27(36(8,46)19-40)51-34(45)23(5)31(52-28-18-37(9,47-13)32(44)25(7)50-28)22(4)33(38(10,48-14)17-20(2)29(42)24(6)41)53-35-30(43)26(39(11)12)16-21(3)49-35/h19-23,25-33,35,42-44,46H,15-18H2,1-14H3/t20-,21-,22+,23-,25+,26+,27-,28?,29+,30-,31+,32+,33-,35?,36+,37-,38-/m1/s1. The SMILES string of the molecule is CC[C@@H](OC(=O)[C@H](C)[C@@H](OC1C[C@@](C)(OC)[C@@H](O)[C@H](C)O1)[C@H](C)[C@@H](OC1O[C@H](C)C[C@H](N(C)C)[C@H]1O)[C@@](C)(C[C@@H](C)[C@H](O)C(C)=O)OC)[C@@](C)(O)C=O. The molecule has 0 bridgehead atoms. The molecule has 0 amide bonds. The zero-order valence-electron chi connectivity index (χ0n) is 34.3. The van der Waals surface area contributed by atoms with E-state index in [2.05, 4.69) is 0 Å². The Bertz CT molecular complexity index is 1190. The van der Waals surface area contributed by atoms with Crippen LogP contribution in [-0.2, 0) is 47.5 Å². The maximum Gasteiger partial charge on any atom is 0.311 e. The number of hydrogen-bond acceptors (Lipinski definition) is 15. The van der Waals surface area contributed by atoms with Gasteiger partial charge in [-0.25, -0.2) is 0 Å².